The van der Waals surface area contributed by atoms with Crippen LogP contribution < -0.4 is 10.1 Å². The molecule has 34 heavy (non-hydrogen) atoms. The van der Waals surface area contributed by atoms with Crippen LogP contribution in [-0.4, -0.2) is 46.0 Å². The number of carboxylic acids is 1. The Morgan fingerprint density at radius 2 is 1.85 bits per heavy atom. The van der Waals surface area contributed by atoms with Crippen molar-refractivity contribution < 1.29 is 37.4 Å². The maximum absolute atomic E-state index is 12.7. The number of halogens is 3. The van der Waals surface area contributed by atoms with Gasteiger partial charge in [0.1, 0.15) is 5.75 Å². The van der Waals surface area contributed by atoms with Crippen LogP contribution in [0.4, 0.5) is 18.0 Å². The average molecular weight is 477 g/mol. The highest BCUT2D eigenvalue weighted by Gasteiger charge is 2.30. The summed E-state index contributed by atoms with van der Waals surface area (Å²) in [6, 6.07) is 8.49. The van der Waals surface area contributed by atoms with E-state index in [4.69, 9.17) is 9.84 Å². The minimum Gasteiger partial charge on any atom is -0.481 e. The lowest BCUT2D eigenvalue weighted by atomic mass is 10.0. The average Bonchev–Trinajstić information content (AvgIpc) is 2.78. The van der Waals surface area contributed by atoms with Crippen molar-refractivity contribution in [3.63, 3.8) is 0 Å². The lowest BCUT2D eigenvalue weighted by molar-refractivity contribution is -0.139. The summed E-state index contributed by atoms with van der Waals surface area (Å²) >= 11 is 0. The van der Waals surface area contributed by atoms with Crippen LogP contribution in [0.3, 0.4) is 0 Å². The van der Waals surface area contributed by atoms with E-state index in [2.05, 4.69) is 10.3 Å². The molecule has 1 saturated heterocycles. The molecular weight excluding hydrogens is 455 g/mol. The first kappa shape index (κ1) is 24.7. The number of ether oxygens (including phenoxy) is 1. The second kappa shape index (κ2) is 10.8. The van der Waals surface area contributed by atoms with E-state index in [1.165, 1.54) is 4.90 Å². The number of carbonyl (C=O) groups excluding carboxylic acids is 2. The molecule has 1 aliphatic heterocycles. The Morgan fingerprint density at radius 1 is 1.12 bits per heavy atom. The van der Waals surface area contributed by atoms with Gasteiger partial charge >= 0.3 is 18.2 Å². The highest BCUT2D eigenvalue weighted by Crippen LogP contribution is 2.30. The van der Waals surface area contributed by atoms with Crippen molar-refractivity contribution in [2.24, 2.45) is 0 Å². The van der Waals surface area contributed by atoms with Crippen molar-refractivity contribution in [1.29, 1.82) is 0 Å². The van der Waals surface area contributed by atoms with Crippen molar-refractivity contribution >= 4 is 24.0 Å². The normalized spacial score (nSPS) is 13.9. The van der Waals surface area contributed by atoms with Crippen molar-refractivity contribution in [2.75, 3.05) is 13.1 Å². The molecule has 1 aliphatic rings. The highest BCUT2D eigenvalue weighted by atomic mass is 19.4. The molecule has 0 bridgehead atoms. The lowest BCUT2D eigenvalue weighted by Gasteiger charge is -2.28. The number of aromatic nitrogens is 1. The van der Waals surface area contributed by atoms with Gasteiger partial charge in [-0.25, -0.2) is 9.78 Å². The quantitative estimate of drug-likeness (QED) is 0.635. The number of rotatable bonds is 6. The van der Waals surface area contributed by atoms with Gasteiger partial charge in [0.2, 0.25) is 11.8 Å². The summed E-state index contributed by atoms with van der Waals surface area (Å²) in [5, 5.41) is 10.8. The zero-order valence-corrected chi connectivity index (χ0v) is 18.0. The molecule has 0 saturated carbocycles. The maximum Gasteiger partial charge on any atom is 0.417 e. The van der Waals surface area contributed by atoms with E-state index >= 15 is 0 Å². The summed E-state index contributed by atoms with van der Waals surface area (Å²) in [6.07, 6.45) is -1.25. The molecule has 1 fully saturated rings. The van der Waals surface area contributed by atoms with Crippen LogP contribution in [0.5, 0.6) is 11.6 Å². The highest BCUT2D eigenvalue weighted by molar-refractivity contribution is 5.95. The second-order valence-corrected chi connectivity index (χ2v) is 7.59. The third-order valence-electron chi connectivity index (χ3n) is 5.02. The molecule has 3 amide bonds. The summed E-state index contributed by atoms with van der Waals surface area (Å²) in [4.78, 5) is 39.5. The Morgan fingerprint density at radius 3 is 2.47 bits per heavy atom. The summed E-state index contributed by atoms with van der Waals surface area (Å²) in [5.41, 5.74) is 1.04. The second-order valence-electron chi connectivity index (χ2n) is 7.59. The number of nitrogens with zero attached hydrogens (tertiary/aromatic N) is 2. The van der Waals surface area contributed by atoms with Crippen LogP contribution in [0.15, 0.2) is 48.2 Å². The minimum atomic E-state index is -4.47. The van der Waals surface area contributed by atoms with E-state index in [1.807, 2.05) is 12.1 Å². The zero-order valence-electron chi connectivity index (χ0n) is 18.0. The molecule has 11 heteroatoms. The van der Waals surface area contributed by atoms with Crippen LogP contribution in [0.2, 0.25) is 0 Å². The van der Waals surface area contributed by atoms with E-state index in [0.29, 0.717) is 37.9 Å². The third kappa shape index (κ3) is 7.32. The number of hydrogen-bond acceptors (Lipinski definition) is 5. The molecule has 0 spiro atoms. The van der Waals surface area contributed by atoms with E-state index in [9.17, 15) is 27.6 Å². The predicted molar refractivity (Wildman–Crippen MR) is 115 cm³/mol. The fourth-order valence-corrected chi connectivity index (χ4v) is 3.26. The first-order chi connectivity index (χ1) is 16.1. The SMILES string of the molecule is O=C(O)CCC(=O)NC(=O)N1CCC(=Cc2cccc(Oc3ccc(C(F)(F)F)cn3)c2)CC1. The van der Waals surface area contributed by atoms with Gasteiger partial charge in [-0.1, -0.05) is 23.8 Å². The number of urea groups is 1. The minimum absolute atomic E-state index is 0.0371. The van der Waals surface area contributed by atoms with E-state index in [1.54, 1.807) is 18.2 Å². The molecule has 2 N–H and O–H groups in total. The molecule has 2 heterocycles. The number of piperidine rings is 1. The molecule has 0 aliphatic carbocycles. The largest absolute Gasteiger partial charge is 0.481 e. The van der Waals surface area contributed by atoms with Crippen molar-refractivity contribution in [1.82, 2.24) is 15.2 Å². The molecule has 3 rings (SSSR count). The fraction of sp³-hybridized carbons (Fsp3) is 0.304. The first-order valence-electron chi connectivity index (χ1n) is 10.4. The van der Waals surface area contributed by atoms with Crippen LogP contribution >= 0.6 is 0 Å². The Hall–Kier alpha value is -3.89. The van der Waals surface area contributed by atoms with Gasteiger partial charge in [-0.3, -0.25) is 14.9 Å². The topological polar surface area (TPSA) is 109 Å². The maximum atomic E-state index is 12.7. The van der Waals surface area contributed by atoms with Gasteiger partial charge in [0, 0.05) is 31.8 Å². The number of pyridine rings is 1. The molecule has 180 valence electrons. The van der Waals surface area contributed by atoms with Gasteiger partial charge in [0.05, 0.1) is 12.0 Å². The van der Waals surface area contributed by atoms with Gasteiger partial charge < -0.3 is 14.7 Å². The number of alkyl halides is 3. The molecule has 0 unspecified atom stereocenters. The van der Waals surface area contributed by atoms with Crippen LogP contribution in [0.1, 0.15) is 36.8 Å². The summed E-state index contributed by atoms with van der Waals surface area (Å²) in [5.74, 6) is -1.29. The van der Waals surface area contributed by atoms with Gasteiger partial charge in [-0.05, 0) is 36.6 Å². The number of carboxylic acid groups (broad SMARTS) is 1. The summed E-state index contributed by atoms with van der Waals surface area (Å²) in [6.45, 7) is 0.797. The fourth-order valence-electron chi connectivity index (χ4n) is 3.26. The number of carbonyl (C=O) groups is 3. The smallest absolute Gasteiger partial charge is 0.417 e. The number of nitrogens with one attached hydrogen (secondary N) is 1. The van der Waals surface area contributed by atoms with E-state index in [-0.39, 0.29) is 18.7 Å². The molecule has 0 atom stereocenters. The van der Waals surface area contributed by atoms with Gasteiger partial charge in [0.25, 0.3) is 0 Å². The Labute approximate surface area is 193 Å². The number of amides is 3. The van der Waals surface area contributed by atoms with Gasteiger partial charge in [-0.15, -0.1) is 0 Å². The van der Waals surface area contributed by atoms with E-state index in [0.717, 1.165) is 23.3 Å². The first-order valence-corrected chi connectivity index (χ1v) is 10.4. The standard InChI is InChI=1S/C23H22F3N3O5/c24-23(25,26)17-4-6-20(27-14-17)34-18-3-1-2-16(13-18)12-15-8-10-29(11-9-15)22(33)28-19(30)5-7-21(31)32/h1-4,6,12-14H,5,7-11H2,(H,31,32)(H,28,30,33). The molecular formula is C23H22F3N3O5. The van der Waals surface area contributed by atoms with Crippen molar-refractivity contribution in [3.8, 4) is 11.6 Å². The van der Waals surface area contributed by atoms with Crippen molar-refractivity contribution in [2.45, 2.75) is 31.9 Å². The predicted octanol–water partition coefficient (Wildman–Crippen LogP) is 4.47. The van der Waals surface area contributed by atoms with Crippen LogP contribution in [0.25, 0.3) is 6.08 Å². The van der Waals surface area contributed by atoms with Crippen LogP contribution in [-0.2, 0) is 15.8 Å². The summed E-state index contributed by atoms with van der Waals surface area (Å²) < 4.78 is 43.5. The van der Waals surface area contributed by atoms with Gasteiger partial charge in [-0.2, -0.15) is 13.2 Å². The monoisotopic (exact) mass is 477 g/mol. The Kier molecular flexibility index (Phi) is 7.87. The number of imide groups is 1. The third-order valence-corrected chi connectivity index (χ3v) is 5.02. The molecule has 1 aromatic carbocycles. The van der Waals surface area contributed by atoms with E-state index < -0.39 is 29.6 Å². The van der Waals surface area contributed by atoms with Crippen molar-refractivity contribution in [3.05, 3.63) is 59.3 Å². The zero-order chi connectivity index (χ0) is 24.7. The molecule has 0 radical (unpaired) electrons. The van der Waals surface area contributed by atoms with Gasteiger partial charge in [0.15, 0.2) is 0 Å². The number of hydrogen-bond donors (Lipinski definition) is 2. The molecule has 1 aromatic heterocycles. The number of aliphatic carboxylic acids is 1. The number of benzene rings is 1. The van der Waals surface area contributed by atoms with Crippen LogP contribution in [0, 0.1) is 0 Å². The lowest BCUT2D eigenvalue weighted by Crippen LogP contribution is -2.45. The summed E-state index contributed by atoms with van der Waals surface area (Å²) in [7, 11) is 0. The Bertz CT molecular complexity index is 1070. The molecule has 8 nitrogen and oxygen atoms in total. The Balaban J connectivity index is 1.54. The molecule has 2 aromatic rings. The number of likely N-dealkylation sites (tertiary alicyclic amines) is 1.